The summed E-state index contributed by atoms with van der Waals surface area (Å²) < 4.78 is 0. The van der Waals surface area contributed by atoms with Gasteiger partial charge in [-0.3, -0.25) is 14.7 Å². The van der Waals surface area contributed by atoms with Crippen molar-refractivity contribution >= 4 is 35.8 Å². The Labute approximate surface area is 187 Å². The van der Waals surface area contributed by atoms with Gasteiger partial charge in [-0.1, -0.05) is 13.8 Å². The van der Waals surface area contributed by atoms with Crippen LogP contribution in [-0.4, -0.2) is 85.2 Å². The summed E-state index contributed by atoms with van der Waals surface area (Å²) in [4.78, 5) is 21.4. The zero-order valence-electron chi connectivity index (χ0n) is 17.8. The summed E-state index contributed by atoms with van der Waals surface area (Å²) in [7, 11) is 0. The van der Waals surface area contributed by atoms with E-state index in [1.54, 1.807) is 0 Å². The first-order valence-electron chi connectivity index (χ1n) is 10.7. The van der Waals surface area contributed by atoms with Gasteiger partial charge in [-0.25, -0.2) is 0 Å². The van der Waals surface area contributed by atoms with E-state index < -0.39 is 0 Å². The molecule has 1 heterocycles. The lowest BCUT2D eigenvalue weighted by molar-refractivity contribution is -0.122. The number of amides is 1. The van der Waals surface area contributed by atoms with Crippen molar-refractivity contribution < 1.29 is 9.90 Å². The van der Waals surface area contributed by atoms with Gasteiger partial charge < -0.3 is 20.6 Å². The van der Waals surface area contributed by atoms with E-state index in [0.717, 1.165) is 70.9 Å². The van der Waals surface area contributed by atoms with Crippen LogP contribution in [0.2, 0.25) is 0 Å². The first-order chi connectivity index (χ1) is 13.0. The first kappa shape index (κ1) is 25.4. The highest BCUT2D eigenvalue weighted by molar-refractivity contribution is 14.0. The van der Waals surface area contributed by atoms with Crippen LogP contribution in [0.5, 0.6) is 0 Å². The minimum absolute atomic E-state index is 0. The Morgan fingerprint density at radius 3 is 2.43 bits per heavy atom. The van der Waals surface area contributed by atoms with Crippen LogP contribution < -0.4 is 10.6 Å². The molecule has 1 aliphatic carbocycles. The van der Waals surface area contributed by atoms with Crippen molar-refractivity contribution in [3.63, 3.8) is 0 Å². The summed E-state index contributed by atoms with van der Waals surface area (Å²) in [5, 5.41) is 15.8. The number of aliphatic hydroxyl groups excluding tert-OH is 1. The molecule has 2 rings (SSSR count). The molecule has 1 saturated carbocycles. The SMILES string of the molecule is CCNC(=NCC(CCO)CC(C)C)N1CCN(CC(=O)NC2CC2)CC1.I. The highest BCUT2D eigenvalue weighted by atomic mass is 127. The van der Waals surface area contributed by atoms with Crippen molar-refractivity contribution in [2.75, 3.05) is 52.4 Å². The second kappa shape index (κ2) is 13.6. The van der Waals surface area contributed by atoms with Crippen LogP contribution in [0.3, 0.4) is 0 Å². The number of aliphatic imine (C=N–C) groups is 1. The topological polar surface area (TPSA) is 80.2 Å². The molecule has 164 valence electrons. The quantitative estimate of drug-likeness (QED) is 0.237. The molecule has 1 atom stereocenters. The van der Waals surface area contributed by atoms with Crippen LogP contribution in [0.25, 0.3) is 0 Å². The van der Waals surface area contributed by atoms with Gasteiger partial charge in [-0.05, 0) is 44.4 Å². The van der Waals surface area contributed by atoms with Crippen molar-refractivity contribution in [2.24, 2.45) is 16.8 Å². The van der Waals surface area contributed by atoms with E-state index in [4.69, 9.17) is 4.99 Å². The second-order valence-electron chi connectivity index (χ2n) is 8.31. The fourth-order valence-corrected chi connectivity index (χ4v) is 3.60. The van der Waals surface area contributed by atoms with E-state index >= 15 is 0 Å². The maximum Gasteiger partial charge on any atom is 0.234 e. The number of hydrogen-bond donors (Lipinski definition) is 3. The summed E-state index contributed by atoms with van der Waals surface area (Å²) >= 11 is 0. The molecular weight excluding hydrogens is 469 g/mol. The fraction of sp³-hybridized carbons (Fsp3) is 0.900. The van der Waals surface area contributed by atoms with E-state index in [9.17, 15) is 9.90 Å². The molecule has 0 bridgehead atoms. The third-order valence-electron chi connectivity index (χ3n) is 5.16. The molecule has 0 aromatic carbocycles. The number of nitrogens with one attached hydrogen (secondary N) is 2. The molecule has 3 N–H and O–H groups in total. The number of rotatable bonds is 10. The average molecular weight is 509 g/mol. The van der Waals surface area contributed by atoms with Crippen LogP contribution >= 0.6 is 24.0 Å². The van der Waals surface area contributed by atoms with Crippen LogP contribution in [0, 0.1) is 11.8 Å². The van der Waals surface area contributed by atoms with Crippen molar-refractivity contribution in [1.29, 1.82) is 0 Å². The highest BCUT2D eigenvalue weighted by Gasteiger charge is 2.26. The Hall–Kier alpha value is -0.610. The largest absolute Gasteiger partial charge is 0.396 e. The summed E-state index contributed by atoms with van der Waals surface area (Å²) in [6.07, 6.45) is 4.17. The molecule has 1 aliphatic heterocycles. The third kappa shape index (κ3) is 9.73. The molecule has 7 nitrogen and oxygen atoms in total. The molecular formula is C20H40IN5O2. The van der Waals surface area contributed by atoms with Crippen LogP contribution in [-0.2, 0) is 4.79 Å². The normalized spacial score (nSPS) is 19.3. The fourth-order valence-electron chi connectivity index (χ4n) is 3.60. The Kier molecular flexibility index (Phi) is 12.3. The Morgan fingerprint density at radius 2 is 1.89 bits per heavy atom. The van der Waals surface area contributed by atoms with Gasteiger partial charge in [0.25, 0.3) is 0 Å². The third-order valence-corrected chi connectivity index (χ3v) is 5.16. The lowest BCUT2D eigenvalue weighted by atomic mass is 9.94. The molecule has 1 amide bonds. The molecule has 0 radical (unpaired) electrons. The highest BCUT2D eigenvalue weighted by Crippen LogP contribution is 2.18. The number of guanidine groups is 1. The van der Waals surface area contributed by atoms with Gasteiger partial charge in [0.1, 0.15) is 0 Å². The van der Waals surface area contributed by atoms with Crippen LogP contribution in [0.1, 0.15) is 46.5 Å². The Morgan fingerprint density at radius 1 is 1.21 bits per heavy atom. The average Bonchev–Trinajstić information content (AvgIpc) is 3.42. The van der Waals surface area contributed by atoms with Crippen LogP contribution in [0.4, 0.5) is 0 Å². The molecule has 0 spiro atoms. The van der Waals surface area contributed by atoms with Gasteiger partial charge in [-0.2, -0.15) is 0 Å². The first-order valence-corrected chi connectivity index (χ1v) is 10.7. The van der Waals surface area contributed by atoms with E-state index in [-0.39, 0.29) is 36.5 Å². The molecule has 0 aromatic heterocycles. The number of halogens is 1. The predicted octanol–water partition coefficient (Wildman–Crippen LogP) is 1.51. The molecule has 2 fully saturated rings. The monoisotopic (exact) mass is 509 g/mol. The summed E-state index contributed by atoms with van der Waals surface area (Å²) in [5.41, 5.74) is 0. The number of hydrogen-bond acceptors (Lipinski definition) is 4. The van der Waals surface area contributed by atoms with E-state index in [2.05, 4.69) is 41.2 Å². The lowest BCUT2D eigenvalue weighted by Gasteiger charge is -2.36. The van der Waals surface area contributed by atoms with E-state index in [1.165, 1.54) is 0 Å². The molecule has 2 aliphatic rings. The van der Waals surface area contributed by atoms with E-state index in [0.29, 0.717) is 24.4 Å². The zero-order chi connectivity index (χ0) is 19.6. The Bertz CT molecular complexity index is 477. The molecule has 28 heavy (non-hydrogen) atoms. The maximum absolute atomic E-state index is 12.0. The van der Waals surface area contributed by atoms with Gasteiger partial charge >= 0.3 is 0 Å². The summed E-state index contributed by atoms with van der Waals surface area (Å²) in [6, 6.07) is 0.434. The maximum atomic E-state index is 12.0. The molecule has 1 unspecified atom stereocenters. The summed E-state index contributed by atoms with van der Waals surface area (Å²) in [6.45, 7) is 12.4. The van der Waals surface area contributed by atoms with Gasteiger partial charge in [0.05, 0.1) is 6.54 Å². The van der Waals surface area contributed by atoms with Gasteiger partial charge in [0.2, 0.25) is 5.91 Å². The number of piperazine rings is 1. The zero-order valence-corrected chi connectivity index (χ0v) is 20.2. The van der Waals surface area contributed by atoms with Crippen molar-refractivity contribution in [3.8, 4) is 0 Å². The minimum atomic E-state index is 0. The van der Waals surface area contributed by atoms with Crippen molar-refractivity contribution in [3.05, 3.63) is 0 Å². The van der Waals surface area contributed by atoms with Crippen molar-refractivity contribution in [2.45, 2.75) is 52.5 Å². The smallest absolute Gasteiger partial charge is 0.234 e. The summed E-state index contributed by atoms with van der Waals surface area (Å²) in [5.74, 6) is 2.17. The van der Waals surface area contributed by atoms with Gasteiger partial charge in [0, 0.05) is 51.9 Å². The lowest BCUT2D eigenvalue weighted by Crippen LogP contribution is -2.54. The second-order valence-corrected chi connectivity index (χ2v) is 8.31. The van der Waals surface area contributed by atoms with E-state index in [1.807, 2.05) is 0 Å². The van der Waals surface area contributed by atoms with Crippen LogP contribution in [0.15, 0.2) is 4.99 Å². The Balaban J connectivity index is 0.00000392. The van der Waals surface area contributed by atoms with Gasteiger partial charge in [-0.15, -0.1) is 24.0 Å². The molecule has 0 aromatic rings. The minimum Gasteiger partial charge on any atom is -0.396 e. The number of nitrogens with zero attached hydrogens (tertiary/aromatic N) is 3. The number of carbonyl (C=O) groups excluding carboxylic acids is 1. The molecule has 1 saturated heterocycles. The number of aliphatic hydroxyl groups is 1. The predicted molar refractivity (Wildman–Crippen MR) is 125 cm³/mol. The standard InChI is InChI=1S/C20H39N5O2.HI/c1-4-21-20(22-14-17(7-12-26)13-16(2)3)25-10-8-24(9-11-25)15-19(27)23-18-5-6-18;/h16-18,26H,4-15H2,1-3H3,(H,21,22)(H,23,27);1H. The number of carbonyl (C=O) groups is 1. The van der Waals surface area contributed by atoms with Gasteiger partial charge in [0.15, 0.2) is 5.96 Å². The molecule has 8 heteroatoms. The van der Waals surface area contributed by atoms with Crippen molar-refractivity contribution in [1.82, 2.24) is 20.4 Å².